The van der Waals surface area contributed by atoms with Gasteiger partial charge in [-0.1, -0.05) is 44.2 Å². The number of rotatable bonds is 4. The predicted molar refractivity (Wildman–Crippen MR) is 99.0 cm³/mol. The number of esters is 1. The van der Waals surface area contributed by atoms with Gasteiger partial charge in [-0.2, -0.15) is 0 Å². The Labute approximate surface area is 151 Å². The van der Waals surface area contributed by atoms with E-state index in [1.807, 2.05) is 24.3 Å². The second kappa shape index (κ2) is 6.92. The first kappa shape index (κ1) is 17.5. The molecule has 132 valence electrons. The molecule has 0 amide bonds. The molecule has 0 aliphatic carbocycles. The summed E-state index contributed by atoms with van der Waals surface area (Å²) in [4.78, 5) is 26.9. The molecular weight excluding hydrogens is 332 g/mol. The van der Waals surface area contributed by atoms with E-state index in [0.717, 1.165) is 5.56 Å². The fraction of sp³-hybridized carbons (Fsp3) is 0.200. The van der Waals surface area contributed by atoms with Gasteiger partial charge < -0.3 is 4.74 Å². The Kier molecular flexibility index (Phi) is 4.67. The molecule has 6 heteroatoms. The van der Waals surface area contributed by atoms with Gasteiger partial charge >= 0.3 is 5.97 Å². The number of nitro groups is 1. The molecule has 1 aliphatic rings. The van der Waals surface area contributed by atoms with Crippen molar-refractivity contribution in [3.8, 4) is 0 Å². The van der Waals surface area contributed by atoms with Gasteiger partial charge in [-0.25, -0.2) is 9.79 Å². The first-order valence-electron chi connectivity index (χ1n) is 8.23. The number of nitrogens with zero attached hydrogens (tertiary/aromatic N) is 2. The molecule has 2 aromatic carbocycles. The van der Waals surface area contributed by atoms with Gasteiger partial charge in [0.05, 0.1) is 4.92 Å². The molecule has 0 spiro atoms. The summed E-state index contributed by atoms with van der Waals surface area (Å²) >= 11 is 0. The normalized spacial score (nSPS) is 15.3. The fourth-order valence-electron chi connectivity index (χ4n) is 2.61. The van der Waals surface area contributed by atoms with Crippen LogP contribution in [-0.4, -0.2) is 16.8 Å². The van der Waals surface area contributed by atoms with Crippen LogP contribution in [0, 0.1) is 17.0 Å². The van der Waals surface area contributed by atoms with E-state index >= 15 is 0 Å². The summed E-state index contributed by atoms with van der Waals surface area (Å²) in [7, 11) is 0. The van der Waals surface area contributed by atoms with E-state index < -0.39 is 10.9 Å². The largest absolute Gasteiger partial charge is 0.402 e. The van der Waals surface area contributed by atoms with E-state index in [0.29, 0.717) is 17.0 Å². The Hall–Kier alpha value is -3.28. The molecule has 2 aromatic rings. The Morgan fingerprint density at radius 3 is 2.46 bits per heavy atom. The van der Waals surface area contributed by atoms with Crippen molar-refractivity contribution in [2.45, 2.75) is 26.7 Å². The molecular formula is C20H18N2O4. The Morgan fingerprint density at radius 1 is 1.15 bits per heavy atom. The van der Waals surface area contributed by atoms with Crippen LogP contribution in [0.3, 0.4) is 0 Å². The van der Waals surface area contributed by atoms with Gasteiger partial charge in [-0.3, -0.25) is 10.1 Å². The van der Waals surface area contributed by atoms with E-state index in [1.165, 1.54) is 11.6 Å². The van der Waals surface area contributed by atoms with Gasteiger partial charge in [0.2, 0.25) is 5.90 Å². The number of nitro benzene ring substituents is 1. The van der Waals surface area contributed by atoms with Crippen LogP contribution in [0.15, 0.2) is 53.2 Å². The molecule has 0 unspecified atom stereocenters. The van der Waals surface area contributed by atoms with Crippen molar-refractivity contribution in [2.75, 3.05) is 0 Å². The molecule has 0 atom stereocenters. The second-order valence-corrected chi connectivity index (χ2v) is 6.42. The monoisotopic (exact) mass is 350 g/mol. The SMILES string of the molecule is Cc1ccc(C2=NC(=Cc3ccc(C(C)C)cc3)C(=O)O2)cc1[N+](=O)[O-]. The van der Waals surface area contributed by atoms with Crippen molar-refractivity contribution >= 4 is 23.6 Å². The van der Waals surface area contributed by atoms with Gasteiger partial charge in [0.15, 0.2) is 5.70 Å². The third-order valence-electron chi connectivity index (χ3n) is 4.18. The molecule has 0 aromatic heterocycles. The van der Waals surface area contributed by atoms with Crippen LogP contribution in [0.1, 0.15) is 42.0 Å². The summed E-state index contributed by atoms with van der Waals surface area (Å²) in [6.07, 6.45) is 1.64. The number of aliphatic imine (C=N–C) groups is 1. The minimum atomic E-state index is -0.573. The minimum absolute atomic E-state index is 0.0389. The molecule has 1 aliphatic heterocycles. The van der Waals surface area contributed by atoms with Gasteiger partial charge in [-0.15, -0.1) is 0 Å². The lowest BCUT2D eigenvalue weighted by Crippen LogP contribution is -2.06. The molecule has 0 saturated carbocycles. The fourth-order valence-corrected chi connectivity index (χ4v) is 2.61. The molecule has 0 bridgehead atoms. The highest BCUT2D eigenvalue weighted by Crippen LogP contribution is 2.24. The summed E-state index contributed by atoms with van der Waals surface area (Å²) in [6.45, 7) is 5.87. The minimum Gasteiger partial charge on any atom is -0.402 e. The third-order valence-corrected chi connectivity index (χ3v) is 4.18. The van der Waals surface area contributed by atoms with E-state index in [9.17, 15) is 14.9 Å². The van der Waals surface area contributed by atoms with Crippen LogP contribution in [0.5, 0.6) is 0 Å². The van der Waals surface area contributed by atoms with Crippen LogP contribution >= 0.6 is 0 Å². The first-order valence-corrected chi connectivity index (χ1v) is 8.23. The zero-order valence-electron chi connectivity index (χ0n) is 14.7. The Bertz CT molecular complexity index is 941. The summed E-state index contributed by atoms with van der Waals surface area (Å²) in [6, 6.07) is 12.5. The van der Waals surface area contributed by atoms with E-state index in [4.69, 9.17) is 4.74 Å². The van der Waals surface area contributed by atoms with Crippen molar-refractivity contribution in [1.29, 1.82) is 0 Å². The van der Waals surface area contributed by atoms with Crippen LogP contribution < -0.4 is 0 Å². The topological polar surface area (TPSA) is 81.8 Å². The van der Waals surface area contributed by atoms with Crippen molar-refractivity contribution < 1.29 is 14.5 Å². The lowest BCUT2D eigenvalue weighted by molar-refractivity contribution is -0.385. The molecule has 0 fully saturated rings. The number of carbonyl (C=O) groups is 1. The van der Waals surface area contributed by atoms with E-state index in [2.05, 4.69) is 18.8 Å². The lowest BCUT2D eigenvalue weighted by Gasteiger charge is -2.04. The Morgan fingerprint density at radius 2 is 1.85 bits per heavy atom. The number of benzene rings is 2. The van der Waals surface area contributed by atoms with Gasteiger partial charge in [-0.05, 0) is 36.1 Å². The van der Waals surface area contributed by atoms with Crippen LogP contribution in [0.2, 0.25) is 0 Å². The summed E-state index contributed by atoms with van der Waals surface area (Å²) < 4.78 is 5.19. The molecule has 1 heterocycles. The maximum absolute atomic E-state index is 12.1. The van der Waals surface area contributed by atoms with Gasteiger partial charge in [0.1, 0.15) is 0 Å². The standard InChI is InChI=1S/C20H18N2O4/c1-12(2)15-8-5-14(6-9-15)10-17-20(23)26-19(21-17)16-7-4-13(3)18(11-16)22(24)25/h4-12H,1-3H3. The van der Waals surface area contributed by atoms with Crippen molar-refractivity contribution in [3.05, 3.63) is 80.5 Å². The van der Waals surface area contributed by atoms with Crippen molar-refractivity contribution in [1.82, 2.24) is 0 Å². The average Bonchev–Trinajstić information content (AvgIpc) is 2.96. The highest BCUT2D eigenvalue weighted by atomic mass is 16.6. The van der Waals surface area contributed by atoms with Gasteiger partial charge in [0, 0.05) is 17.2 Å². The predicted octanol–water partition coefficient (Wildman–Crippen LogP) is 4.37. The smallest absolute Gasteiger partial charge is 0.363 e. The maximum Gasteiger partial charge on any atom is 0.363 e. The number of aryl methyl sites for hydroxylation is 1. The van der Waals surface area contributed by atoms with Crippen molar-refractivity contribution in [2.24, 2.45) is 4.99 Å². The highest BCUT2D eigenvalue weighted by molar-refractivity contribution is 6.13. The van der Waals surface area contributed by atoms with Crippen molar-refractivity contribution in [3.63, 3.8) is 0 Å². The number of carbonyl (C=O) groups excluding carboxylic acids is 1. The number of hydrogen-bond donors (Lipinski definition) is 0. The van der Waals surface area contributed by atoms with Gasteiger partial charge in [0.25, 0.3) is 5.69 Å². The maximum atomic E-state index is 12.1. The molecule has 0 N–H and O–H groups in total. The molecule has 26 heavy (non-hydrogen) atoms. The zero-order valence-corrected chi connectivity index (χ0v) is 14.7. The lowest BCUT2D eigenvalue weighted by atomic mass is 10.0. The van der Waals surface area contributed by atoms with Crippen LogP contribution in [0.25, 0.3) is 6.08 Å². The molecule has 3 rings (SSSR count). The number of ether oxygens (including phenoxy) is 1. The number of cyclic esters (lactones) is 1. The quantitative estimate of drug-likeness (QED) is 0.355. The third kappa shape index (κ3) is 3.54. The summed E-state index contributed by atoms with van der Waals surface area (Å²) in [5.41, 5.74) is 3.10. The highest BCUT2D eigenvalue weighted by Gasteiger charge is 2.25. The average molecular weight is 350 g/mol. The van der Waals surface area contributed by atoms with E-state index in [-0.39, 0.29) is 17.3 Å². The second-order valence-electron chi connectivity index (χ2n) is 6.42. The molecule has 0 radical (unpaired) electrons. The zero-order chi connectivity index (χ0) is 18.8. The number of hydrogen-bond acceptors (Lipinski definition) is 5. The van der Waals surface area contributed by atoms with E-state index in [1.54, 1.807) is 25.1 Å². The molecule has 0 saturated heterocycles. The first-order chi connectivity index (χ1) is 12.3. The summed E-state index contributed by atoms with van der Waals surface area (Å²) in [5.74, 6) is -0.0746. The Balaban J connectivity index is 1.91. The summed E-state index contributed by atoms with van der Waals surface area (Å²) in [5, 5.41) is 11.1. The molecule has 6 nitrogen and oxygen atoms in total. The van der Waals surface area contributed by atoms with Crippen LogP contribution in [-0.2, 0) is 9.53 Å². The van der Waals surface area contributed by atoms with Crippen LogP contribution in [0.4, 0.5) is 5.69 Å².